The van der Waals surface area contributed by atoms with Gasteiger partial charge in [0, 0.05) is 18.2 Å². The highest BCUT2D eigenvalue weighted by atomic mass is 19.1. The third-order valence-electron chi connectivity index (χ3n) is 2.04. The van der Waals surface area contributed by atoms with Crippen LogP contribution in [0.1, 0.15) is 24.4 Å². The Balaban J connectivity index is 2.82. The summed E-state index contributed by atoms with van der Waals surface area (Å²) in [5.41, 5.74) is 5.50. The van der Waals surface area contributed by atoms with E-state index in [0.29, 0.717) is 12.8 Å². The highest BCUT2D eigenvalue weighted by molar-refractivity contribution is 5.22. The van der Waals surface area contributed by atoms with Crippen LogP contribution in [0.5, 0.6) is 0 Å². The maximum atomic E-state index is 13.1. The molecule has 0 radical (unpaired) electrons. The topological polar surface area (TPSA) is 46.2 Å². The van der Waals surface area contributed by atoms with Gasteiger partial charge in [-0.1, -0.05) is 6.07 Å². The summed E-state index contributed by atoms with van der Waals surface area (Å²) in [7, 11) is 0. The van der Waals surface area contributed by atoms with Crippen molar-refractivity contribution in [1.29, 1.82) is 0 Å². The molecule has 14 heavy (non-hydrogen) atoms. The van der Waals surface area contributed by atoms with Gasteiger partial charge in [-0.2, -0.15) is 0 Å². The lowest BCUT2D eigenvalue weighted by Gasteiger charge is -2.12. The van der Waals surface area contributed by atoms with Gasteiger partial charge in [0.25, 0.3) is 0 Å². The molecule has 0 amide bonds. The number of halogens is 2. The van der Waals surface area contributed by atoms with Crippen LogP contribution in [0.4, 0.5) is 8.78 Å². The van der Waals surface area contributed by atoms with Crippen LogP contribution < -0.4 is 5.73 Å². The third kappa shape index (κ3) is 2.49. The summed E-state index contributed by atoms with van der Waals surface area (Å²) in [5, 5.41) is 8.56. The van der Waals surface area contributed by atoms with Crippen molar-refractivity contribution in [1.82, 2.24) is 0 Å². The molecule has 0 fully saturated rings. The first kappa shape index (κ1) is 11.1. The van der Waals surface area contributed by atoms with E-state index in [1.807, 2.05) is 0 Å². The Bertz CT molecular complexity index is 284. The van der Waals surface area contributed by atoms with Gasteiger partial charge in [0.2, 0.25) is 0 Å². The molecule has 0 aliphatic carbocycles. The van der Waals surface area contributed by atoms with Crippen molar-refractivity contribution in [3.05, 3.63) is 35.4 Å². The zero-order valence-corrected chi connectivity index (χ0v) is 7.71. The molecular weight excluding hydrogens is 188 g/mol. The molecule has 0 spiro atoms. The zero-order chi connectivity index (χ0) is 10.6. The Labute approximate surface area is 81.4 Å². The molecule has 0 aliphatic heterocycles. The van der Waals surface area contributed by atoms with Crippen molar-refractivity contribution in [3.8, 4) is 0 Å². The lowest BCUT2D eigenvalue weighted by atomic mass is 10.0. The lowest BCUT2D eigenvalue weighted by Crippen LogP contribution is -2.14. The number of rotatable bonds is 4. The Morgan fingerprint density at radius 1 is 1.29 bits per heavy atom. The molecule has 2 nitrogen and oxygen atoms in total. The molecule has 4 heteroatoms. The van der Waals surface area contributed by atoms with E-state index in [2.05, 4.69) is 0 Å². The SMILES string of the molecule is N[C@H](CCCO)c1c(F)cccc1F. The number of aliphatic hydroxyl groups is 1. The van der Waals surface area contributed by atoms with Crippen LogP contribution in [0, 0.1) is 11.6 Å². The monoisotopic (exact) mass is 201 g/mol. The van der Waals surface area contributed by atoms with Gasteiger partial charge < -0.3 is 10.8 Å². The maximum Gasteiger partial charge on any atom is 0.130 e. The number of benzene rings is 1. The Hall–Kier alpha value is -1.00. The number of hydrogen-bond donors (Lipinski definition) is 2. The summed E-state index contributed by atoms with van der Waals surface area (Å²) < 4.78 is 26.3. The maximum absolute atomic E-state index is 13.1. The van der Waals surface area contributed by atoms with Gasteiger partial charge in [0.1, 0.15) is 11.6 Å². The molecule has 0 bridgehead atoms. The summed E-state index contributed by atoms with van der Waals surface area (Å²) in [4.78, 5) is 0. The fraction of sp³-hybridized carbons (Fsp3) is 0.400. The molecule has 0 aliphatic rings. The van der Waals surface area contributed by atoms with E-state index in [1.165, 1.54) is 18.2 Å². The lowest BCUT2D eigenvalue weighted by molar-refractivity contribution is 0.279. The van der Waals surface area contributed by atoms with E-state index in [0.717, 1.165) is 0 Å². The minimum Gasteiger partial charge on any atom is -0.396 e. The molecule has 1 rings (SSSR count). The second-order valence-corrected chi connectivity index (χ2v) is 3.11. The van der Waals surface area contributed by atoms with Crippen molar-refractivity contribution < 1.29 is 13.9 Å². The van der Waals surface area contributed by atoms with Crippen LogP contribution >= 0.6 is 0 Å². The van der Waals surface area contributed by atoms with Gasteiger partial charge in [-0.15, -0.1) is 0 Å². The normalized spacial score (nSPS) is 12.9. The summed E-state index contributed by atoms with van der Waals surface area (Å²) in [6.45, 7) is -0.0240. The Morgan fingerprint density at radius 2 is 1.86 bits per heavy atom. The van der Waals surface area contributed by atoms with Crippen LogP contribution in [0.2, 0.25) is 0 Å². The van der Waals surface area contributed by atoms with Crippen LogP contribution in [0.15, 0.2) is 18.2 Å². The third-order valence-corrected chi connectivity index (χ3v) is 2.04. The summed E-state index contributed by atoms with van der Waals surface area (Å²) in [6.07, 6.45) is 0.809. The van der Waals surface area contributed by atoms with Gasteiger partial charge in [0.15, 0.2) is 0 Å². The molecular formula is C10H13F2NO. The number of nitrogens with two attached hydrogens (primary N) is 1. The molecule has 1 atom stereocenters. The average molecular weight is 201 g/mol. The highest BCUT2D eigenvalue weighted by Crippen LogP contribution is 2.21. The van der Waals surface area contributed by atoms with E-state index in [-0.39, 0.29) is 12.2 Å². The second kappa shape index (κ2) is 5.02. The number of hydrogen-bond acceptors (Lipinski definition) is 2. The molecule has 0 heterocycles. The fourth-order valence-corrected chi connectivity index (χ4v) is 1.32. The van der Waals surface area contributed by atoms with E-state index < -0.39 is 17.7 Å². The van der Waals surface area contributed by atoms with Crippen molar-refractivity contribution in [2.45, 2.75) is 18.9 Å². The predicted octanol–water partition coefficient (Wildman–Crippen LogP) is 1.74. The molecule has 0 saturated carbocycles. The van der Waals surface area contributed by atoms with Crippen molar-refractivity contribution >= 4 is 0 Å². The predicted molar refractivity (Wildman–Crippen MR) is 49.6 cm³/mol. The largest absolute Gasteiger partial charge is 0.396 e. The number of aliphatic hydroxyl groups excluding tert-OH is 1. The van der Waals surface area contributed by atoms with Crippen molar-refractivity contribution in [3.63, 3.8) is 0 Å². The van der Waals surface area contributed by atoms with Gasteiger partial charge in [-0.25, -0.2) is 8.78 Å². The Morgan fingerprint density at radius 3 is 2.36 bits per heavy atom. The smallest absolute Gasteiger partial charge is 0.130 e. The van der Waals surface area contributed by atoms with Crippen LogP contribution in [0.25, 0.3) is 0 Å². The second-order valence-electron chi connectivity index (χ2n) is 3.11. The zero-order valence-electron chi connectivity index (χ0n) is 7.71. The first-order valence-electron chi connectivity index (χ1n) is 4.47. The molecule has 78 valence electrons. The molecule has 0 unspecified atom stereocenters. The minimum absolute atomic E-state index is 0.0240. The van der Waals surface area contributed by atoms with Crippen LogP contribution in [-0.4, -0.2) is 11.7 Å². The van der Waals surface area contributed by atoms with E-state index in [9.17, 15) is 8.78 Å². The van der Waals surface area contributed by atoms with Crippen molar-refractivity contribution in [2.75, 3.05) is 6.61 Å². The van der Waals surface area contributed by atoms with E-state index in [4.69, 9.17) is 10.8 Å². The molecule has 1 aromatic carbocycles. The van der Waals surface area contributed by atoms with Gasteiger partial charge in [-0.05, 0) is 25.0 Å². The molecule has 1 aromatic rings. The van der Waals surface area contributed by atoms with E-state index in [1.54, 1.807) is 0 Å². The van der Waals surface area contributed by atoms with Gasteiger partial charge in [0.05, 0.1) is 0 Å². The van der Waals surface area contributed by atoms with E-state index >= 15 is 0 Å². The van der Waals surface area contributed by atoms with Gasteiger partial charge >= 0.3 is 0 Å². The minimum atomic E-state index is -0.691. The fourth-order valence-electron chi connectivity index (χ4n) is 1.32. The first-order chi connectivity index (χ1) is 6.66. The Kier molecular flexibility index (Phi) is 3.98. The average Bonchev–Trinajstić information content (AvgIpc) is 2.14. The van der Waals surface area contributed by atoms with Crippen LogP contribution in [0.3, 0.4) is 0 Å². The standard InChI is InChI=1S/C10H13F2NO/c11-7-3-1-4-8(12)10(7)9(13)5-2-6-14/h1,3-4,9,14H,2,5-6,13H2/t9-/m1/s1. The quantitative estimate of drug-likeness (QED) is 0.779. The molecule has 0 saturated heterocycles. The van der Waals surface area contributed by atoms with Crippen molar-refractivity contribution in [2.24, 2.45) is 5.73 Å². The highest BCUT2D eigenvalue weighted by Gasteiger charge is 2.15. The molecule has 3 N–H and O–H groups in total. The van der Waals surface area contributed by atoms with Gasteiger partial charge in [-0.3, -0.25) is 0 Å². The first-order valence-corrected chi connectivity index (χ1v) is 4.47. The molecule has 0 aromatic heterocycles. The van der Waals surface area contributed by atoms with Crippen LogP contribution in [-0.2, 0) is 0 Å². The summed E-state index contributed by atoms with van der Waals surface area (Å²) in [6, 6.07) is 2.96. The summed E-state index contributed by atoms with van der Waals surface area (Å²) in [5.74, 6) is -1.26. The summed E-state index contributed by atoms with van der Waals surface area (Å²) >= 11 is 0.